The molecule has 0 aromatic heterocycles. The molecule has 0 spiro atoms. The van der Waals surface area contributed by atoms with Crippen molar-refractivity contribution in [1.29, 1.82) is 0 Å². The smallest absolute Gasteiger partial charge is 0.321 e. The Balaban J connectivity index is 1.54. The fourth-order valence-corrected chi connectivity index (χ4v) is 3.51. The first kappa shape index (κ1) is 19.5. The molecule has 1 N–H and O–H groups in total. The van der Waals surface area contributed by atoms with E-state index in [1.54, 1.807) is 13.2 Å². The van der Waals surface area contributed by atoms with Crippen molar-refractivity contribution >= 4 is 23.3 Å². The third-order valence-electron chi connectivity index (χ3n) is 4.87. The summed E-state index contributed by atoms with van der Waals surface area (Å²) in [6, 6.07) is 13.6. The van der Waals surface area contributed by atoms with Crippen LogP contribution in [0.2, 0.25) is 5.02 Å². The Morgan fingerprint density at radius 3 is 2.59 bits per heavy atom. The molecule has 0 unspecified atom stereocenters. The van der Waals surface area contributed by atoms with E-state index in [-0.39, 0.29) is 6.03 Å². The Bertz CT molecular complexity index is 779. The lowest BCUT2D eigenvalue weighted by atomic mass is 10.2. The molecule has 1 heterocycles. The van der Waals surface area contributed by atoms with Crippen LogP contribution in [0, 0.1) is 6.92 Å². The molecule has 0 saturated carbocycles. The molecular weight excluding hydrogens is 362 g/mol. The van der Waals surface area contributed by atoms with Gasteiger partial charge in [-0.05, 0) is 54.8 Å². The van der Waals surface area contributed by atoms with Crippen molar-refractivity contribution in [3.63, 3.8) is 0 Å². The highest BCUT2D eigenvalue weighted by Gasteiger charge is 2.19. The summed E-state index contributed by atoms with van der Waals surface area (Å²) in [5.41, 5.74) is 3.03. The highest BCUT2D eigenvalue weighted by atomic mass is 35.5. The van der Waals surface area contributed by atoms with Crippen LogP contribution in [0.15, 0.2) is 42.5 Å². The van der Waals surface area contributed by atoms with Crippen molar-refractivity contribution in [2.75, 3.05) is 38.6 Å². The second-order valence-electron chi connectivity index (χ2n) is 6.85. The molecule has 0 aliphatic carbocycles. The van der Waals surface area contributed by atoms with E-state index in [0.717, 1.165) is 49.6 Å². The largest absolute Gasteiger partial charge is 0.497 e. The van der Waals surface area contributed by atoms with E-state index in [2.05, 4.69) is 22.3 Å². The number of benzene rings is 2. The number of nitrogens with one attached hydrogen (secondary N) is 1. The number of aryl methyl sites for hydroxylation is 1. The minimum Gasteiger partial charge on any atom is -0.497 e. The fraction of sp³-hybridized carbons (Fsp3) is 0.381. The standard InChI is InChI=1S/C21H26ClN3O2/c1-16-14-18(22)6-9-20(16)23-21(26)25-11-3-10-24(12-13-25)15-17-4-7-19(27-2)8-5-17/h4-9,14H,3,10-13,15H2,1-2H3,(H,23,26). The van der Waals surface area contributed by atoms with Crippen LogP contribution < -0.4 is 10.1 Å². The van der Waals surface area contributed by atoms with Crippen molar-refractivity contribution < 1.29 is 9.53 Å². The van der Waals surface area contributed by atoms with Gasteiger partial charge in [0, 0.05) is 43.4 Å². The van der Waals surface area contributed by atoms with Crippen molar-refractivity contribution in [1.82, 2.24) is 9.80 Å². The molecule has 2 aromatic carbocycles. The zero-order valence-corrected chi connectivity index (χ0v) is 16.6. The number of ether oxygens (including phenoxy) is 1. The van der Waals surface area contributed by atoms with Crippen LogP contribution in [0.25, 0.3) is 0 Å². The number of hydrogen-bond acceptors (Lipinski definition) is 3. The number of anilines is 1. The van der Waals surface area contributed by atoms with Gasteiger partial charge in [-0.25, -0.2) is 4.79 Å². The van der Waals surface area contributed by atoms with Crippen LogP contribution in [0.4, 0.5) is 10.5 Å². The summed E-state index contributed by atoms with van der Waals surface area (Å²) in [5.74, 6) is 0.870. The second kappa shape index (κ2) is 9.11. The number of urea groups is 1. The lowest BCUT2D eigenvalue weighted by Crippen LogP contribution is -2.38. The van der Waals surface area contributed by atoms with Gasteiger partial charge in [-0.1, -0.05) is 23.7 Å². The van der Waals surface area contributed by atoms with Crippen molar-refractivity contribution in [2.45, 2.75) is 19.9 Å². The number of carbonyl (C=O) groups is 1. The minimum absolute atomic E-state index is 0.0493. The summed E-state index contributed by atoms with van der Waals surface area (Å²) < 4.78 is 5.21. The van der Waals surface area contributed by atoms with E-state index >= 15 is 0 Å². The summed E-state index contributed by atoms with van der Waals surface area (Å²) in [6.07, 6.45) is 0.961. The van der Waals surface area contributed by atoms with E-state index in [0.29, 0.717) is 11.6 Å². The first-order chi connectivity index (χ1) is 13.0. The lowest BCUT2D eigenvalue weighted by Gasteiger charge is -2.23. The molecular formula is C21H26ClN3O2. The summed E-state index contributed by atoms with van der Waals surface area (Å²) in [6.45, 7) is 6.15. The molecule has 1 saturated heterocycles. The Morgan fingerprint density at radius 1 is 1.11 bits per heavy atom. The number of nitrogens with zero attached hydrogens (tertiary/aromatic N) is 2. The molecule has 5 nitrogen and oxygen atoms in total. The van der Waals surface area contributed by atoms with E-state index in [1.165, 1.54) is 5.56 Å². The van der Waals surface area contributed by atoms with Crippen molar-refractivity contribution in [3.05, 3.63) is 58.6 Å². The summed E-state index contributed by atoms with van der Waals surface area (Å²) in [7, 11) is 1.68. The predicted octanol–water partition coefficient (Wildman–Crippen LogP) is 4.40. The van der Waals surface area contributed by atoms with Crippen LogP contribution in [-0.2, 0) is 6.54 Å². The van der Waals surface area contributed by atoms with E-state index in [1.807, 2.05) is 36.1 Å². The van der Waals surface area contributed by atoms with Gasteiger partial charge in [-0.15, -0.1) is 0 Å². The number of methoxy groups -OCH3 is 1. The van der Waals surface area contributed by atoms with Gasteiger partial charge in [0.1, 0.15) is 5.75 Å². The van der Waals surface area contributed by atoms with Gasteiger partial charge in [0.25, 0.3) is 0 Å². The number of hydrogen-bond donors (Lipinski definition) is 1. The van der Waals surface area contributed by atoms with Gasteiger partial charge in [-0.3, -0.25) is 4.90 Å². The van der Waals surface area contributed by atoms with Crippen LogP contribution >= 0.6 is 11.6 Å². The SMILES string of the molecule is COc1ccc(CN2CCCN(C(=O)Nc3ccc(Cl)cc3C)CC2)cc1. The molecule has 6 heteroatoms. The van der Waals surface area contributed by atoms with Gasteiger partial charge >= 0.3 is 6.03 Å². The highest BCUT2D eigenvalue weighted by molar-refractivity contribution is 6.30. The van der Waals surface area contributed by atoms with Gasteiger partial charge < -0.3 is 15.0 Å². The molecule has 1 fully saturated rings. The highest BCUT2D eigenvalue weighted by Crippen LogP contribution is 2.20. The number of rotatable bonds is 4. The maximum Gasteiger partial charge on any atom is 0.321 e. The normalized spacial score (nSPS) is 15.3. The van der Waals surface area contributed by atoms with E-state index < -0.39 is 0 Å². The number of amides is 2. The molecule has 1 aliphatic rings. The van der Waals surface area contributed by atoms with Crippen LogP contribution in [-0.4, -0.2) is 49.1 Å². The maximum atomic E-state index is 12.6. The first-order valence-electron chi connectivity index (χ1n) is 9.22. The molecule has 27 heavy (non-hydrogen) atoms. The van der Waals surface area contributed by atoms with Gasteiger partial charge in [-0.2, -0.15) is 0 Å². The Hall–Kier alpha value is -2.24. The molecule has 144 valence electrons. The number of halogens is 1. The summed E-state index contributed by atoms with van der Waals surface area (Å²) in [5, 5.41) is 3.68. The zero-order valence-electron chi connectivity index (χ0n) is 15.9. The maximum absolute atomic E-state index is 12.6. The molecule has 1 aliphatic heterocycles. The zero-order chi connectivity index (χ0) is 19.2. The van der Waals surface area contributed by atoms with Crippen molar-refractivity contribution in [2.24, 2.45) is 0 Å². The van der Waals surface area contributed by atoms with Gasteiger partial charge in [0.15, 0.2) is 0 Å². The lowest BCUT2D eigenvalue weighted by molar-refractivity contribution is 0.211. The van der Waals surface area contributed by atoms with E-state index in [4.69, 9.17) is 16.3 Å². The first-order valence-corrected chi connectivity index (χ1v) is 9.60. The van der Waals surface area contributed by atoms with E-state index in [9.17, 15) is 4.79 Å². The number of carbonyl (C=O) groups excluding carboxylic acids is 1. The van der Waals surface area contributed by atoms with Crippen molar-refractivity contribution in [3.8, 4) is 5.75 Å². The quantitative estimate of drug-likeness (QED) is 0.845. The summed E-state index contributed by atoms with van der Waals surface area (Å²) >= 11 is 5.99. The Labute approximate surface area is 165 Å². The topological polar surface area (TPSA) is 44.8 Å². The molecule has 0 radical (unpaired) electrons. The summed E-state index contributed by atoms with van der Waals surface area (Å²) in [4.78, 5) is 16.9. The molecule has 3 rings (SSSR count). The Morgan fingerprint density at radius 2 is 1.89 bits per heavy atom. The van der Waals surface area contributed by atoms with Gasteiger partial charge in [0.05, 0.1) is 7.11 Å². The third-order valence-corrected chi connectivity index (χ3v) is 5.11. The fourth-order valence-electron chi connectivity index (χ4n) is 3.28. The molecule has 0 atom stereocenters. The average molecular weight is 388 g/mol. The van der Waals surface area contributed by atoms with Crippen LogP contribution in [0.5, 0.6) is 5.75 Å². The second-order valence-corrected chi connectivity index (χ2v) is 7.29. The average Bonchev–Trinajstić information content (AvgIpc) is 2.90. The third kappa shape index (κ3) is 5.37. The monoisotopic (exact) mass is 387 g/mol. The Kier molecular flexibility index (Phi) is 6.58. The molecule has 0 bridgehead atoms. The minimum atomic E-state index is -0.0493. The van der Waals surface area contributed by atoms with Crippen LogP contribution in [0.1, 0.15) is 17.5 Å². The molecule has 2 amide bonds. The van der Waals surface area contributed by atoms with Crippen LogP contribution in [0.3, 0.4) is 0 Å². The molecule has 2 aromatic rings. The van der Waals surface area contributed by atoms with Gasteiger partial charge in [0.2, 0.25) is 0 Å². The predicted molar refractivity (Wildman–Crippen MR) is 110 cm³/mol.